The average molecular weight is 235 g/mol. The van der Waals surface area contributed by atoms with Crippen molar-refractivity contribution in [2.45, 2.75) is 25.7 Å². The predicted octanol–water partition coefficient (Wildman–Crippen LogP) is 2.32. The van der Waals surface area contributed by atoms with Crippen LogP contribution in [0.4, 0.5) is 5.69 Å². The van der Waals surface area contributed by atoms with Crippen LogP contribution in [0, 0.1) is 5.92 Å². The third-order valence-electron chi connectivity index (χ3n) is 3.18. The summed E-state index contributed by atoms with van der Waals surface area (Å²) in [6.45, 7) is 0.978. The third-order valence-corrected chi connectivity index (χ3v) is 3.40. The number of rotatable bonds is 5. The van der Waals surface area contributed by atoms with Gasteiger partial charge in [-0.3, -0.25) is 4.98 Å². The van der Waals surface area contributed by atoms with Crippen molar-refractivity contribution in [1.29, 1.82) is 0 Å². The van der Waals surface area contributed by atoms with Crippen LogP contribution in [-0.2, 0) is 0 Å². The number of thiocarbonyl (C=S) groups is 1. The van der Waals surface area contributed by atoms with Crippen LogP contribution >= 0.6 is 12.2 Å². The summed E-state index contributed by atoms with van der Waals surface area (Å²) in [5, 5.41) is 3.36. The minimum atomic E-state index is 0.425. The zero-order valence-corrected chi connectivity index (χ0v) is 10.1. The zero-order chi connectivity index (χ0) is 11.4. The summed E-state index contributed by atoms with van der Waals surface area (Å²) in [4.78, 5) is 4.51. The van der Waals surface area contributed by atoms with E-state index in [1.54, 1.807) is 12.4 Å². The van der Waals surface area contributed by atoms with Crippen LogP contribution in [0.3, 0.4) is 0 Å². The van der Waals surface area contributed by atoms with E-state index in [2.05, 4.69) is 10.3 Å². The highest BCUT2D eigenvalue weighted by atomic mass is 32.1. The van der Waals surface area contributed by atoms with Crippen molar-refractivity contribution in [1.82, 2.24) is 4.98 Å². The smallest absolute Gasteiger partial charge is 0.106 e. The summed E-state index contributed by atoms with van der Waals surface area (Å²) >= 11 is 5.00. The Labute approximate surface area is 101 Å². The number of nitrogens with zero attached hydrogens (tertiary/aromatic N) is 1. The van der Waals surface area contributed by atoms with Crippen molar-refractivity contribution in [3.05, 3.63) is 24.0 Å². The largest absolute Gasteiger partial charge is 0.389 e. The maximum Gasteiger partial charge on any atom is 0.106 e. The first-order valence-electron chi connectivity index (χ1n) is 5.75. The number of nitrogens with two attached hydrogens (primary N) is 1. The van der Waals surface area contributed by atoms with Gasteiger partial charge in [0.1, 0.15) is 4.99 Å². The van der Waals surface area contributed by atoms with Crippen molar-refractivity contribution in [2.75, 3.05) is 11.9 Å². The SMILES string of the molecule is NC(=S)c1ccncc1NCCC1CCC1. The second-order valence-corrected chi connectivity index (χ2v) is 4.74. The fraction of sp³-hybridized carbons (Fsp3) is 0.500. The molecule has 3 nitrogen and oxygen atoms in total. The lowest BCUT2D eigenvalue weighted by molar-refractivity contribution is 0.303. The lowest BCUT2D eigenvalue weighted by atomic mass is 9.83. The minimum Gasteiger partial charge on any atom is -0.389 e. The van der Waals surface area contributed by atoms with Gasteiger partial charge in [0, 0.05) is 18.3 Å². The van der Waals surface area contributed by atoms with Crippen molar-refractivity contribution >= 4 is 22.9 Å². The highest BCUT2D eigenvalue weighted by Crippen LogP contribution is 2.29. The molecule has 0 bridgehead atoms. The van der Waals surface area contributed by atoms with E-state index in [0.717, 1.165) is 23.7 Å². The highest BCUT2D eigenvalue weighted by molar-refractivity contribution is 7.80. The molecule has 1 aromatic rings. The summed E-state index contributed by atoms with van der Waals surface area (Å²) in [6.07, 6.45) is 8.90. The highest BCUT2D eigenvalue weighted by Gasteiger charge is 2.16. The van der Waals surface area contributed by atoms with Crippen molar-refractivity contribution in [3.8, 4) is 0 Å². The van der Waals surface area contributed by atoms with Crippen LogP contribution in [0.1, 0.15) is 31.2 Å². The Balaban J connectivity index is 1.89. The zero-order valence-electron chi connectivity index (χ0n) is 9.28. The van der Waals surface area contributed by atoms with Gasteiger partial charge in [-0.2, -0.15) is 0 Å². The topological polar surface area (TPSA) is 50.9 Å². The van der Waals surface area contributed by atoms with E-state index in [1.807, 2.05) is 6.07 Å². The number of nitrogens with one attached hydrogen (secondary N) is 1. The van der Waals surface area contributed by atoms with Gasteiger partial charge in [-0.25, -0.2) is 0 Å². The summed E-state index contributed by atoms with van der Waals surface area (Å²) in [6, 6.07) is 1.86. The quantitative estimate of drug-likeness (QED) is 0.769. The van der Waals surface area contributed by atoms with Gasteiger partial charge in [-0.15, -0.1) is 0 Å². The van der Waals surface area contributed by atoms with Gasteiger partial charge in [0.05, 0.1) is 11.9 Å². The Morgan fingerprint density at radius 1 is 1.56 bits per heavy atom. The average Bonchev–Trinajstić information content (AvgIpc) is 2.22. The maximum atomic E-state index is 5.65. The molecule has 2 rings (SSSR count). The van der Waals surface area contributed by atoms with Crippen LogP contribution in [-0.4, -0.2) is 16.5 Å². The molecule has 86 valence electrons. The lowest BCUT2D eigenvalue weighted by Gasteiger charge is -2.25. The van der Waals surface area contributed by atoms with E-state index in [0.29, 0.717) is 4.99 Å². The Bertz CT molecular complexity index is 374. The summed E-state index contributed by atoms with van der Waals surface area (Å²) in [5.41, 5.74) is 7.49. The van der Waals surface area contributed by atoms with E-state index in [1.165, 1.54) is 25.7 Å². The molecule has 1 saturated carbocycles. The van der Waals surface area contributed by atoms with Crippen molar-refractivity contribution in [3.63, 3.8) is 0 Å². The molecule has 0 amide bonds. The predicted molar refractivity (Wildman–Crippen MR) is 70.6 cm³/mol. The van der Waals surface area contributed by atoms with Crippen LogP contribution in [0.5, 0.6) is 0 Å². The van der Waals surface area contributed by atoms with Gasteiger partial charge < -0.3 is 11.1 Å². The van der Waals surface area contributed by atoms with Gasteiger partial charge in [0.15, 0.2) is 0 Å². The van der Waals surface area contributed by atoms with Gasteiger partial charge in [0.2, 0.25) is 0 Å². The van der Waals surface area contributed by atoms with Gasteiger partial charge >= 0.3 is 0 Å². The fourth-order valence-electron chi connectivity index (χ4n) is 1.94. The Hall–Kier alpha value is -1.16. The van der Waals surface area contributed by atoms with E-state index in [9.17, 15) is 0 Å². The first kappa shape index (κ1) is 11.3. The molecule has 0 radical (unpaired) electrons. The van der Waals surface area contributed by atoms with Gasteiger partial charge in [-0.05, 0) is 18.4 Å². The molecule has 0 aliphatic heterocycles. The Morgan fingerprint density at radius 3 is 3.00 bits per heavy atom. The molecule has 0 atom stereocenters. The molecule has 0 spiro atoms. The second-order valence-electron chi connectivity index (χ2n) is 4.30. The van der Waals surface area contributed by atoms with Gasteiger partial charge in [0.25, 0.3) is 0 Å². The molecular weight excluding hydrogens is 218 g/mol. The molecule has 1 aromatic heterocycles. The van der Waals surface area contributed by atoms with E-state index < -0.39 is 0 Å². The molecule has 0 unspecified atom stereocenters. The van der Waals surface area contributed by atoms with E-state index in [4.69, 9.17) is 18.0 Å². The molecule has 0 aromatic carbocycles. The number of hydrogen-bond acceptors (Lipinski definition) is 3. The molecular formula is C12H17N3S. The molecule has 1 aliphatic rings. The molecule has 0 saturated heterocycles. The van der Waals surface area contributed by atoms with Crippen LogP contribution in [0.15, 0.2) is 18.5 Å². The Kier molecular flexibility index (Phi) is 3.72. The number of hydrogen-bond donors (Lipinski definition) is 2. The molecule has 1 heterocycles. The molecule has 16 heavy (non-hydrogen) atoms. The number of pyridine rings is 1. The van der Waals surface area contributed by atoms with Crippen LogP contribution in [0.25, 0.3) is 0 Å². The van der Waals surface area contributed by atoms with Gasteiger partial charge in [-0.1, -0.05) is 31.5 Å². The minimum absolute atomic E-state index is 0.425. The van der Waals surface area contributed by atoms with Crippen LogP contribution in [0.2, 0.25) is 0 Å². The van der Waals surface area contributed by atoms with Crippen molar-refractivity contribution < 1.29 is 0 Å². The molecule has 1 aliphatic carbocycles. The summed E-state index contributed by atoms with van der Waals surface area (Å²) < 4.78 is 0. The lowest BCUT2D eigenvalue weighted by Crippen LogP contribution is -2.18. The normalized spacial score (nSPS) is 15.5. The maximum absolute atomic E-state index is 5.65. The Morgan fingerprint density at radius 2 is 2.38 bits per heavy atom. The summed E-state index contributed by atoms with van der Waals surface area (Å²) in [7, 11) is 0. The summed E-state index contributed by atoms with van der Waals surface area (Å²) in [5.74, 6) is 0.914. The second kappa shape index (κ2) is 5.25. The van der Waals surface area contributed by atoms with E-state index >= 15 is 0 Å². The van der Waals surface area contributed by atoms with Crippen LogP contribution < -0.4 is 11.1 Å². The third kappa shape index (κ3) is 2.70. The molecule has 1 fully saturated rings. The van der Waals surface area contributed by atoms with E-state index in [-0.39, 0.29) is 0 Å². The number of anilines is 1. The fourth-order valence-corrected chi connectivity index (χ4v) is 2.12. The molecule has 4 heteroatoms. The number of aromatic nitrogens is 1. The first-order valence-corrected chi connectivity index (χ1v) is 6.16. The van der Waals surface area contributed by atoms with Crippen molar-refractivity contribution in [2.24, 2.45) is 11.7 Å². The monoisotopic (exact) mass is 235 g/mol. The molecule has 3 N–H and O–H groups in total. The first-order chi connectivity index (χ1) is 7.77. The standard InChI is InChI=1S/C12H17N3S/c13-12(16)10-5-6-14-8-11(10)15-7-4-9-2-1-3-9/h5-6,8-9,15H,1-4,7H2,(H2,13,16).